The number of carboxylic acid groups (broad SMARTS) is 1. The molecule has 2 N–H and O–H groups in total. The SMILES string of the molecule is CC1(CNCc2ccccc2CC(=O)O)CCCS1. The Morgan fingerprint density at radius 3 is 2.79 bits per heavy atom. The standard InChI is InChI=1S/C15H21NO2S/c1-15(7-4-8-19-15)11-16-10-13-6-3-2-5-12(13)9-14(17)18/h2-3,5-6,16H,4,7-11H2,1H3,(H,17,18). The second kappa shape index (κ2) is 6.44. The van der Waals surface area contributed by atoms with Crippen LogP contribution in [-0.2, 0) is 17.8 Å². The normalized spacial score (nSPS) is 22.6. The first-order valence-electron chi connectivity index (χ1n) is 6.72. The summed E-state index contributed by atoms with van der Waals surface area (Å²) in [6.07, 6.45) is 2.67. The molecule has 0 amide bonds. The van der Waals surface area contributed by atoms with Gasteiger partial charge in [-0.3, -0.25) is 4.79 Å². The van der Waals surface area contributed by atoms with Crippen molar-refractivity contribution in [3.63, 3.8) is 0 Å². The van der Waals surface area contributed by atoms with Crippen LogP contribution >= 0.6 is 11.8 Å². The van der Waals surface area contributed by atoms with Crippen molar-refractivity contribution in [2.24, 2.45) is 0 Å². The van der Waals surface area contributed by atoms with Crippen LogP contribution in [0.3, 0.4) is 0 Å². The largest absolute Gasteiger partial charge is 0.481 e. The van der Waals surface area contributed by atoms with Crippen LogP contribution in [0, 0.1) is 0 Å². The number of carboxylic acids is 1. The van der Waals surface area contributed by atoms with Crippen LogP contribution in [0.25, 0.3) is 0 Å². The van der Waals surface area contributed by atoms with Crippen LogP contribution in [0.5, 0.6) is 0 Å². The molecule has 1 aromatic rings. The van der Waals surface area contributed by atoms with E-state index in [2.05, 4.69) is 12.2 Å². The van der Waals surface area contributed by atoms with Crippen LogP contribution in [-0.4, -0.2) is 28.1 Å². The van der Waals surface area contributed by atoms with Gasteiger partial charge in [-0.25, -0.2) is 0 Å². The lowest BCUT2D eigenvalue weighted by Crippen LogP contribution is -2.32. The van der Waals surface area contributed by atoms with E-state index in [-0.39, 0.29) is 6.42 Å². The lowest BCUT2D eigenvalue weighted by molar-refractivity contribution is -0.136. The maximum absolute atomic E-state index is 10.8. The molecule has 1 saturated heterocycles. The van der Waals surface area contributed by atoms with E-state index >= 15 is 0 Å². The summed E-state index contributed by atoms with van der Waals surface area (Å²) in [5.74, 6) is 0.485. The summed E-state index contributed by atoms with van der Waals surface area (Å²) < 4.78 is 0.349. The third kappa shape index (κ3) is 4.25. The number of thioether (sulfide) groups is 1. The second-order valence-electron chi connectivity index (χ2n) is 5.34. The van der Waals surface area contributed by atoms with Crippen molar-refractivity contribution in [3.05, 3.63) is 35.4 Å². The number of nitrogens with one attached hydrogen (secondary N) is 1. The lowest BCUT2D eigenvalue weighted by atomic mass is 10.0. The Balaban J connectivity index is 1.90. The summed E-state index contributed by atoms with van der Waals surface area (Å²) >= 11 is 2.04. The third-order valence-electron chi connectivity index (χ3n) is 3.57. The Kier molecular flexibility index (Phi) is 4.88. The van der Waals surface area contributed by atoms with Gasteiger partial charge in [-0.05, 0) is 36.6 Å². The number of hydrogen-bond donors (Lipinski definition) is 2. The van der Waals surface area contributed by atoms with Gasteiger partial charge in [0, 0.05) is 17.8 Å². The molecule has 3 nitrogen and oxygen atoms in total. The molecule has 4 heteroatoms. The van der Waals surface area contributed by atoms with E-state index in [0.717, 1.165) is 24.2 Å². The van der Waals surface area contributed by atoms with Gasteiger partial charge in [0.05, 0.1) is 6.42 Å². The highest BCUT2D eigenvalue weighted by atomic mass is 32.2. The molecular formula is C15H21NO2S. The molecule has 104 valence electrons. The highest BCUT2D eigenvalue weighted by molar-refractivity contribution is 8.00. The first kappa shape index (κ1) is 14.4. The van der Waals surface area contributed by atoms with E-state index < -0.39 is 5.97 Å². The molecule has 19 heavy (non-hydrogen) atoms. The Labute approximate surface area is 118 Å². The Morgan fingerprint density at radius 2 is 2.16 bits per heavy atom. The van der Waals surface area contributed by atoms with Gasteiger partial charge in [-0.15, -0.1) is 0 Å². The van der Waals surface area contributed by atoms with E-state index in [1.807, 2.05) is 36.0 Å². The van der Waals surface area contributed by atoms with Crippen molar-refractivity contribution >= 4 is 17.7 Å². The van der Waals surface area contributed by atoms with Gasteiger partial charge in [-0.1, -0.05) is 24.3 Å². The molecule has 1 aliphatic rings. The van der Waals surface area contributed by atoms with Gasteiger partial charge in [0.15, 0.2) is 0 Å². The van der Waals surface area contributed by atoms with E-state index in [0.29, 0.717) is 4.75 Å². The number of hydrogen-bond acceptors (Lipinski definition) is 3. The number of carbonyl (C=O) groups is 1. The quantitative estimate of drug-likeness (QED) is 0.840. The summed E-state index contributed by atoms with van der Waals surface area (Å²) in [4.78, 5) is 10.8. The molecule has 0 saturated carbocycles. The van der Waals surface area contributed by atoms with Gasteiger partial charge >= 0.3 is 5.97 Å². The fraction of sp³-hybridized carbons (Fsp3) is 0.533. The fourth-order valence-corrected chi connectivity index (χ4v) is 3.78. The Morgan fingerprint density at radius 1 is 1.42 bits per heavy atom. The van der Waals surface area contributed by atoms with Crippen molar-refractivity contribution in [2.45, 2.75) is 37.5 Å². The van der Waals surface area contributed by atoms with E-state index in [9.17, 15) is 4.79 Å². The molecule has 1 atom stereocenters. The van der Waals surface area contributed by atoms with Crippen molar-refractivity contribution < 1.29 is 9.90 Å². The van der Waals surface area contributed by atoms with Crippen LogP contribution in [0.2, 0.25) is 0 Å². The first-order chi connectivity index (χ1) is 9.09. The third-order valence-corrected chi connectivity index (χ3v) is 5.11. The molecule has 1 unspecified atom stereocenters. The Bertz CT molecular complexity index is 442. The molecule has 0 spiro atoms. The predicted octanol–water partition coefficient (Wildman–Crippen LogP) is 2.69. The molecule has 1 fully saturated rings. The highest BCUT2D eigenvalue weighted by Gasteiger charge is 2.28. The summed E-state index contributed by atoms with van der Waals surface area (Å²) in [6, 6.07) is 7.77. The molecule has 0 aliphatic carbocycles. The molecule has 0 bridgehead atoms. The zero-order valence-electron chi connectivity index (χ0n) is 11.3. The van der Waals surface area contributed by atoms with Gasteiger partial charge in [-0.2, -0.15) is 11.8 Å². The van der Waals surface area contributed by atoms with Crippen molar-refractivity contribution in [2.75, 3.05) is 12.3 Å². The maximum Gasteiger partial charge on any atom is 0.307 e. The molecule has 1 aromatic carbocycles. The number of benzene rings is 1. The summed E-state index contributed by atoms with van der Waals surface area (Å²) in [5.41, 5.74) is 2.00. The molecule has 1 aliphatic heterocycles. The van der Waals surface area contributed by atoms with Gasteiger partial charge in [0.2, 0.25) is 0 Å². The average Bonchev–Trinajstić information content (AvgIpc) is 2.78. The highest BCUT2D eigenvalue weighted by Crippen LogP contribution is 2.36. The fourth-order valence-electron chi connectivity index (χ4n) is 2.50. The van der Waals surface area contributed by atoms with Crippen LogP contribution < -0.4 is 5.32 Å². The van der Waals surface area contributed by atoms with E-state index in [1.165, 1.54) is 18.6 Å². The molecule has 1 heterocycles. The molecular weight excluding hydrogens is 258 g/mol. The summed E-state index contributed by atoms with van der Waals surface area (Å²) in [6.45, 7) is 4.04. The van der Waals surface area contributed by atoms with E-state index in [1.54, 1.807) is 0 Å². The Hall–Kier alpha value is -1.00. The van der Waals surface area contributed by atoms with Gasteiger partial charge in [0.25, 0.3) is 0 Å². The summed E-state index contributed by atoms with van der Waals surface area (Å²) in [7, 11) is 0. The number of aliphatic carboxylic acids is 1. The topological polar surface area (TPSA) is 49.3 Å². The monoisotopic (exact) mass is 279 g/mol. The van der Waals surface area contributed by atoms with Crippen LogP contribution in [0.15, 0.2) is 24.3 Å². The predicted molar refractivity (Wildman–Crippen MR) is 79.6 cm³/mol. The average molecular weight is 279 g/mol. The van der Waals surface area contributed by atoms with Crippen molar-refractivity contribution in [3.8, 4) is 0 Å². The van der Waals surface area contributed by atoms with Crippen molar-refractivity contribution in [1.82, 2.24) is 5.32 Å². The molecule has 2 rings (SSSR count). The first-order valence-corrected chi connectivity index (χ1v) is 7.71. The lowest BCUT2D eigenvalue weighted by Gasteiger charge is -2.23. The number of rotatable bonds is 6. The second-order valence-corrected chi connectivity index (χ2v) is 7.03. The van der Waals surface area contributed by atoms with Crippen LogP contribution in [0.4, 0.5) is 0 Å². The van der Waals surface area contributed by atoms with E-state index in [4.69, 9.17) is 5.11 Å². The van der Waals surface area contributed by atoms with Gasteiger partial charge < -0.3 is 10.4 Å². The minimum Gasteiger partial charge on any atom is -0.481 e. The zero-order valence-corrected chi connectivity index (χ0v) is 12.1. The molecule has 0 radical (unpaired) electrons. The minimum atomic E-state index is -0.772. The maximum atomic E-state index is 10.8. The van der Waals surface area contributed by atoms with Crippen molar-refractivity contribution in [1.29, 1.82) is 0 Å². The zero-order chi connectivity index (χ0) is 13.7. The molecule has 0 aromatic heterocycles. The smallest absolute Gasteiger partial charge is 0.307 e. The van der Waals surface area contributed by atoms with Crippen LogP contribution in [0.1, 0.15) is 30.9 Å². The minimum absolute atomic E-state index is 0.101. The van der Waals surface area contributed by atoms with Gasteiger partial charge in [0.1, 0.15) is 0 Å². The summed E-state index contributed by atoms with van der Waals surface area (Å²) in [5, 5.41) is 12.4.